The minimum atomic E-state index is -0.715. The Bertz CT molecular complexity index is 1900. The molecule has 0 unspecified atom stereocenters. The molecule has 41 heavy (non-hydrogen) atoms. The van der Waals surface area contributed by atoms with Crippen molar-refractivity contribution in [3.05, 3.63) is 105 Å². The van der Waals surface area contributed by atoms with Gasteiger partial charge in [-0.1, -0.05) is 12.1 Å². The number of fused-ring (bicyclic) bond motifs is 2. The summed E-state index contributed by atoms with van der Waals surface area (Å²) in [5, 5.41) is 7.26. The number of methoxy groups -OCH3 is 1. The summed E-state index contributed by atoms with van der Waals surface area (Å²) < 4.78 is 23.0. The monoisotopic (exact) mass is 556 g/mol. The van der Waals surface area contributed by atoms with Crippen molar-refractivity contribution in [2.75, 3.05) is 7.11 Å². The third-order valence-corrected chi connectivity index (χ3v) is 7.42. The largest absolute Gasteiger partial charge is 0.465 e. The molecule has 4 heterocycles. The number of amides is 1. The number of ether oxygens (including phenoxy) is 1. The number of benzene rings is 1. The predicted molar refractivity (Wildman–Crippen MR) is 147 cm³/mol. The summed E-state index contributed by atoms with van der Waals surface area (Å²) in [5.41, 5.74) is 0.270. The van der Waals surface area contributed by atoms with Gasteiger partial charge in [0, 0.05) is 18.3 Å². The van der Waals surface area contributed by atoms with Crippen LogP contribution in [0.3, 0.4) is 0 Å². The van der Waals surface area contributed by atoms with Gasteiger partial charge >= 0.3 is 11.7 Å². The Balaban J connectivity index is 1.31. The highest BCUT2D eigenvalue weighted by molar-refractivity contribution is 5.93. The number of hydrogen-bond acceptors (Lipinski definition) is 7. The van der Waals surface area contributed by atoms with Crippen LogP contribution in [0.4, 0.5) is 4.39 Å². The molecule has 208 valence electrons. The van der Waals surface area contributed by atoms with E-state index in [1.807, 2.05) is 18.2 Å². The Hall–Kier alpha value is -5.13. The van der Waals surface area contributed by atoms with Crippen LogP contribution in [0.2, 0.25) is 0 Å². The average molecular weight is 557 g/mol. The molecule has 1 aromatic carbocycles. The molecule has 0 saturated heterocycles. The van der Waals surface area contributed by atoms with Crippen LogP contribution in [0.25, 0.3) is 22.2 Å². The van der Waals surface area contributed by atoms with Gasteiger partial charge in [0.2, 0.25) is 0 Å². The second-order valence-corrected chi connectivity index (χ2v) is 9.94. The molecule has 5 aromatic rings. The van der Waals surface area contributed by atoms with E-state index in [1.54, 1.807) is 28.9 Å². The van der Waals surface area contributed by atoms with Crippen molar-refractivity contribution in [1.29, 1.82) is 0 Å². The molecule has 0 aliphatic heterocycles. The smallest absolute Gasteiger partial charge is 0.337 e. The number of hydrogen-bond donors (Lipinski definition) is 1. The summed E-state index contributed by atoms with van der Waals surface area (Å²) in [6, 6.07) is 13.8. The zero-order valence-corrected chi connectivity index (χ0v) is 22.0. The summed E-state index contributed by atoms with van der Waals surface area (Å²) >= 11 is 0. The van der Waals surface area contributed by atoms with E-state index in [0.717, 1.165) is 22.3 Å². The Morgan fingerprint density at radius 3 is 2.59 bits per heavy atom. The molecule has 12 heteroatoms. The number of carbonyl (C=O) groups excluding carboxylic acids is 2. The molecular weight excluding hydrogens is 531 g/mol. The average Bonchev–Trinajstić information content (AvgIpc) is 3.43. The Morgan fingerprint density at radius 2 is 1.83 bits per heavy atom. The number of aromatic nitrogens is 5. The van der Waals surface area contributed by atoms with E-state index in [-0.39, 0.29) is 34.2 Å². The highest BCUT2D eigenvalue weighted by Gasteiger charge is 2.28. The van der Waals surface area contributed by atoms with Gasteiger partial charge in [0.1, 0.15) is 5.82 Å². The molecule has 1 aliphatic carbocycles. The normalized spacial score (nSPS) is 17.0. The quantitative estimate of drug-likeness (QED) is 0.330. The summed E-state index contributed by atoms with van der Waals surface area (Å²) in [6.07, 6.45) is 4.60. The van der Waals surface area contributed by atoms with Crippen LogP contribution in [0.5, 0.6) is 0 Å². The molecule has 1 amide bonds. The summed E-state index contributed by atoms with van der Waals surface area (Å²) in [7, 11) is 1.25. The van der Waals surface area contributed by atoms with Crippen molar-refractivity contribution in [2.24, 2.45) is 0 Å². The summed E-state index contributed by atoms with van der Waals surface area (Å²) in [4.78, 5) is 56.4. The predicted octanol–water partition coefficient (Wildman–Crippen LogP) is 3.03. The lowest BCUT2D eigenvalue weighted by Crippen LogP contribution is -2.45. The first-order chi connectivity index (χ1) is 19.8. The van der Waals surface area contributed by atoms with Crippen LogP contribution in [0.15, 0.2) is 76.6 Å². The first-order valence-electron chi connectivity index (χ1n) is 13.1. The maximum absolute atomic E-state index is 14.2. The van der Waals surface area contributed by atoms with Crippen LogP contribution < -0.4 is 16.6 Å². The Kier molecular flexibility index (Phi) is 6.66. The molecule has 1 fully saturated rings. The van der Waals surface area contributed by atoms with E-state index >= 15 is 0 Å². The Labute approximate surface area is 231 Å². The van der Waals surface area contributed by atoms with Crippen LogP contribution in [-0.2, 0) is 4.74 Å². The first-order valence-corrected chi connectivity index (χ1v) is 13.1. The number of nitrogens with one attached hydrogen (secondary N) is 1. The maximum atomic E-state index is 14.2. The molecule has 1 aliphatic rings. The zero-order valence-electron chi connectivity index (χ0n) is 22.0. The molecule has 6 rings (SSSR count). The van der Waals surface area contributed by atoms with Gasteiger partial charge in [-0.2, -0.15) is 5.10 Å². The third kappa shape index (κ3) is 4.77. The second kappa shape index (κ2) is 10.5. The van der Waals surface area contributed by atoms with Gasteiger partial charge in [-0.25, -0.2) is 28.0 Å². The van der Waals surface area contributed by atoms with Crippen LogP contribution >= 0.6 is 0 Å². The molecule has 0 spiro atoms. The zero-order chi connectivity index (χ0) is 28.7. The highest BCUT2D eigenvalue weighted by Crippen LogP contribution is 2.28. The number of pyridine rings is 2. The fourth-order valence-corrected chi connectivity index (χ4v) is 5.41. The van der Waals surface area contributed by atoms with Gasteiger partial charge in [0.15, 0.2) is 11.3 Å². The van der Waals surface area contributed by atoms with Crippen molar-refractivity contribution in [2.45, 2.75) is 37.8 Å². The van der Waals surface area contributed by atoms with Crippen molar-refractivity contribution < 1.29 is 18.7 Å². The van der Waals surface area contributed by atoms with Gasteiger partial charge in [-0.15, -0.1) is 0 Å². The number of carbonyl (C=O) groups is 2. The SMILES string of the molecule is COC(=O)c1cccc(-n2c(=O)n(C3CCC(NC(=O)c4cc5ccccn5n4)CC3)c(=O)c3cc(F)cnc32)c1. The van der Waals surface area contributed by atoms with Crippen molar-refractivity contribution in [3.8, 4) is 5.69 Å². The van der Waals surface area contributed by atoms with E-state index in [4.69, 9.17) is 4.74 Å². The number of rotatable bonds is 5. The lowest BCUT2D eigenvalue weighted by atomic mass is 9.90. The molecule has 0 atom stereocenters. The molecule has 0 radical (unpaired) electrons. The van der Waals surface area contributed by atoms with Crippen LogP contribution in [-0.4, -0.2) is 48.8 Å². The fourth-order valence-electron chi connectivity index (χ4n) is 5.41. The van der Waals surface area contributed by atoms with Crippen molar-refractivity contribution in [1.82, 2.24) is 29.0 Å². The van der Waals surface area contributed by atoms with Gasteiger partial charge in [0.05, 0.1) is 35.5 Å². The van der Waals surface area contributed by atoms with Gasteiger partial charge in [-0.05, 0) is 68.1 Å². The maximum Gasteiger partial charge on any atom is 0.337 e. The molecule has 1 N–H and O–H groups in total. The Morgan fingerprint density at radius 1 is 1.02 bits per heavy atom. The lowest BCUT2D eigenvalue weighted by Gasteiger charge is -2.30. The van der Waals surface area contributed by atoms with Gasteiger partial charge in [-0.3, -0.25) is 14.2 Å². The first kappa shape index (κ1) is 26.1. The highest BCUT2D eigenvalue weighted by atomic mass is 19.1. The van der Waals surface area contributed by atoms with E-state index in [0.29, 0.717) is 31.4 Å². The van der Waals surface area contributed by atoms with Crippen LogP contribution in [0, 0.1) is 5.82 Å². The van der Waals surface area contributed by atoms with Crippen LogP contribution in [0.1, 0.15) is 52.6 Å². The molecule has 4 aromatic heterocycles. The van der Waals surface area contributed by atoms with E-state index < -0.39 is 29.1 Å². The molecular formula is C29H25FN6O5. The van der Waals surface area contributed by atoms with Crippen molar-refractivity contribution >= 4 is 28.4 Å². The van der Waals surface area contributed by atoms with Crippen molar-refractivity contribution in [3.63, 3.8) is 0 Å². The molecule has 1 saturated carbocycles. The van der Waals surface area contributed by atoms with E-state index in [2.05, 4.69) is 15.4 Å². The molecule has 11 nitrogen and oxygen atoms in total. The summed E-state index contributed by atoms with van der Waals surface area (Å²) in [6.45, 7) is 0. The van der Waals surface area contributed by atoms with Gasteiger partial charge < -0.3 is 10.1 Å². The third-order valence-electron chi connectivity index (χ3n) is 7.42. The van der Waals surface area contributed by atoms with E-state index in [1.165, 1.54) is 23.8 Å². The minimum absolute atomic E-state index is 0.0203. The minimum Gasteiger partial charge on any atom is -0.465 e. The number of esters is 1. The lowest BCUT2D eigenvalue weighted by molar-refractivity contribution is 0.0600. The fraction of sp³-hybridized carbons (Fsp3) is 0.241. The van der Waals surface area contributed by atoms with Gasteiger partial charge in [0.25, 0.3) is 11.5 Å². The number of nitrogens with zero attached hydrogens (tertiary/aromatic N) is 5. The topological polar surface area (TPSA) is 130 Å². The summed E-state index contributed by atoms with van der Waals surface area (Å²) in [5.74, 6) is -1.61. The molecule has 0 bridgehead atoms. The standard InChI is InChI=1S/C29H25FN6O5/c1-41-28(39)17-5-4-7-22(13-17)35-25-23(14-18(30)16-31-25)27(38)36(29(35)40)20-10-8-19(9-11-20)32-26(37)24-15-21-6-2-3-12-34(21)33-24/h2-7,12-16,19-20H,8-11H2,1H3,(H,32,37). The van der Waals surface area contributed by atoms with E-state index in [9.17, 15) is 23.6 Å². The second-order valence-electron chi connectivity index (χ2n) is 9.94. The number of halogens is 1.